The average Bonchev–Trinajstić information content (AvgIpc) is 2.76. The Hall–Kier alpha value is -1.34. The van der Waals surface area contributed by atoms with Crippen LogP contribution < -0.4 is 0 Å². The summed E-state index contributed by atoms with van der Waals surface area (Å²) >= 11 is 0. The molecule has 132 valence electrons. The van der Waals surface area contributed by atoms with E-state index in [9.17, 15) is 14.7 Å². The van der Waals surface area contributed by atoms with Crippen molar-refractivity contribution >= 4 is 12.0 Å². The lowest BCUT2D eigenvalue weighted by atomic mass is 10.2. The fourth-order valence-electron chi connectivity index (χ4n) is 2.93. The average molecular weight is 327 g/mol. The van der Waals surface area contributed by atoms with Gasteiger partial charge >= 0.3 is 6.09 Å². The number of carbonyl (C=O) groups is 2. The van der Waals surface area contributed by atoms with E-state index in [-0.39, 0.29) is 18.4 Å². The number of carbonyl (C=O) groups excluding carboxylic acids is 2. The van der Waals surface area contributed by atoms with Crippen LogP contribution in [0.25, 0.3) is 0 Å². The van der Waals surface area contributed by atoms with E-state index in [4.69, 9.17) is 4.74 Å². The third kappa shape index (κ3) is 5.66. The van der Waals surface area contributed by atoms with E-state index in [1.165, 1.54) is 0 Å². The summed E-state index contributed by atoms with van der Waals surface area (Å²) in [6.45, 7) is 10.7. The molecule has 1 atom stereocenters. The number of aliphatic hydroxyl groups is 1. The van der Waals surface area contributed by atoms with Gasteiger partial charge in [-0.2, -0.15) is 0 Å². The van der Waals surface area contributed by atoms with Crippen LogP contribution in [0.2, 0.25) is 0 Å². The van der Waals surface area contributed by atoms with Gasteiger partial charge in [0.25, 0.3) is 0 Å². The molecule has 7 nitrogen and oxygen atoms in total. The van der Waals surface area contributed by atoms with E-state index in [0.29, 0.717) is 26.2 Å². The van der Waals surface area contributed by atoms with Gasteiger partial charge in [-0.25, -0.2) is 4.79 Å². The number of hydrogen-bond acceptors (Lipinski definition) is 5. The van der Waals surface area contributed by atoms with Gasteiger partial charge in [0.1, 0.15) is 5.60 Å². The van der Waals surface area contributed by atoms with Crippen molar-refractivity contribution in [2.45, 2.75) is 45.3 Å². The summed E-state index contributed by atoms with van der Waals surface area (Å²) in [7, 11) is 0. The number of hydrogen-bond donors (Lipinski definition) is 1. The van der Waals surface area contributed by atoms with Crippen LogP contribution >= 0.6 is 0 Å². The number of rotatable bonds is 4. The van der Waals surface area contributed by atoms with Crippen LogP contribution in [-0.2, 0) is 9.53 Å². The van der Waals surface area contributed by atoms with Crippen molar-refractivity contribution in [1.29, 1.82) is 0 Å². The molecule has 1 unspecified atom stereocenters. The second kappa shape index (κ2) is 7.49. The van der Waals surface area contributed by atoms with E-state index in [2.05, 4.69) is 4.90 Å². The molecule has 2 fully saturated rings. The molecule has 2 aliphatic rings. The summed E-state index contributed by atoms with van der Waals surface area (Å²) in [6, 6.07) is 0. The lowest BCUT2D eigenvalue weighted by Crippen LogP contribution is -2.50. The van der Waals surface area contributed by atoms with Crippen molar-refractivity contribution in [3.05, 3.63) is 0 Å². The van der Waals surface area contributed by atoms with Crippen LogP contribution in [0, 0.1) is 0 Å². The molecule has 7 heteroatoms. The third-order valence-corrected chi connectivity index (χ3v) is 4.12. The van der Waals surface area contributed by atoms with Gasteiger partial charge in [-0.1, -0.05) is 0 Å². The first-order valence-corrected chi connectivity index (χ1v) is 8.41. The van der Waals surface area contributed by atoms with Gasteiger partial charge in [-0.05, 0) is 33.7 Å². The van der Waals surface area contributed by atoms with Gasteiger partial charge in [0, 0.05) is 39.3 Å². The molecule has 2 amide bonds. The van der Waals surface area contributed by atoms with Crippen LogP contribution in [0.1, 0.15) is 33.6 Å². The van der Waals surface area contributed by atoms with E-state index in [1.807, 2.05) is 20.8 Å². The maximum absolute atomic E-state index is 12.0. The number of aliphatic hydroxyl groups excluding tert-OH is 1. The second-order valence-corrected chi connectivity index (χ2v) is 7.36. The number of ether oxygens (including phenoxy) is 1. The number of nitrogens with zero attached hydrogens (tertiary/aromatic N) is 3. The van der Waals surface area contributed by atoms with Crippen LogP contribution in [-0.4, -0.2) is 89.3 Å². The molecule has 0 aromatic carbocycles. The summed E-state index contributed by atoms with van der Waals surface area (Å²) < 4.78 is 5.38. The summed E-state index contributed by atoms with van der Waals surface area (Å²) in [5.74, 6) is 0.0484. The van der Waals surface area contributed by atoms with Gasteiger partial charge in [0.2, 0.25) is 5.91 Å². The van der Waals surface area contributed by atoms with Crippen molar-refractivity contribution in [2.75, 3.05) is 45.8 Å². The maximum atomic E-state index is 12.0. The van der Waals surface area contributed by atoms with E-state index in [1.54, 1.807) is 9.80 Å². The van der Waals surface area contributed by atoms with Crippen molar-refractivity contribution in [3.8, 4) is 0 Å². The Morgan fingerprint density at radius 3 is 2.39 bits per heavy atom. The fraction of sp³-hybridized carbons (Fsp3) is 0.875. The topological polar surface area (TPSA) is 73.3 Å². The van der Waals surface area contributed by atoms with Crippen molar-refractivity contribution in [2.24, 2.45) is 0 Å². The summed E-state index contributed by atoms with van der Waals surface area (Å²) in [4.78, 5) is 29.4. The summed E-state index contributed by atoms with van der Waals surface area (Å²) in [6.07, 6.45) is 0.410. The molecule has 2 heterocycles. The van der Waals surface area contributed by atoms with E-state index in [0.717, 1.165) is 26.1 Å². The highest BCUT2D eigenvalue weighted by molar-refractivity contribution is 5.78. The lowest BCUT2D eigenvalue weighted by Gasteiger charge is -2.35. The minimum atomic E-state index is -0.500. The number of likely N-dealkylation sites (tertiary alicyclic amines) is 1. The van der Waals surface area contributed by atoms with E-state index >= 15 is 0 Å². The molecule has 2 saturated heterocycles. The monoisotopic (exact) mass is 327 g/mol. The number of piperazine rings is 1. The van der Waals surface area contributed by atoms with Crippen molar-refractivity contribution in [1.82, 2.24) is 14.7 Å². The highest BCUT2D eigenvalue weighted by atomic mass is 16.6. The Bertz CT molecular complexity index is 428. The van der Waals surface area contributed by atoms with Gasteiger partial charge in [0.15, 0.2) is 0 Å². The van der Waals surface area contributed by atoms with Crippen LogP contribution in [0.4, 0.5) is 4.79 Å². The van der Waals surface area contributed by atoms with Crippen LogP contribution in [0.3, 0.4) is 0 Å². The molecule has 0 radical (unpaired) electrons. The van der Waals surface area contributed by atoms with Gasteiger partial charge in [0.05, 0.1) is 12.5 Å². The van der Waals surface area contributed by atoms with Crippen LogP contribution in [0.5, 0.6) is 0 Å². The molecule has 0 aliphatic carbocycles. The molecule has 0 aromatic rings. The highest BCUT2D eigenvalue weighted by Crippen LogP contribution is 2.13. The van der Waals surface area contributed by atoms with Crippen LogP contribution in [0.15, 0.2) is 0 Å². The Balaban J connectivity index is 1.63. The third-order valence-electron chi connectivity index (χ3n) is 4.12. The Kier molecular flexibility index (Phi) is 5.86. The standard InChI is InChI=1S/C16H29N3O4/c1-16(2,3)23-15(22)18-9-7-17(8-10-18)5-4-6-19-12-13(20)11-14(19)21/h13,20H,4-12H2,1-3H3. The molecular formula is C16H29N3O4. The first-order chi connectivity index (χ1) is 10.7. The highest BCUT2D eigenvalue weighted by Gasteiger charge is 2.28. The molecule has 2 rings (SSSR count). The molecule has 23 heavy (non-hydrogen) atoms. The zero-order valence-electron chi connectivity index (χ0n) is 14.5. The van der Waals surface area contributed by atoms with Gasteiger partial charge in [-0.15, -0.1) is 0 Å². The fourth-order valence-corrected chi connectivity index (χ4v) is 2.93. The Morgan fingerprint density at radius 2 is 1.87 bits per heavy atom. The summed E-state index contributed by atoms with van der Waals surface area (Å²) in [5.41, 5.74) is -0.457. The molecule has 0 bridgehead atoms. The molecular weight excluding hydrogens is 298 g/mol. The Morgan fingerprint density at radius 1 is 1.22 bits per heavy atom. The predicted molar refractivity (Wildman–Crippen MR) is 86.1 cm³/mol. The van der Waals surface area contributed by atoms with Gasteiger partial charge < -0.3 is 19.6 Å². The largest absolute Gasteiger partial charge is 0.444 e. The maximum Gasteiger partial charge on any atom is 0.410 e. The second-order valence-electron chi connectivity index (χ2n) is 7.36. The molecule has 2 aliphatic heterocycles. The molecule has 0 spiro atoms. The van der Waals surface area contributed by atoms with Crippen molar-refractivity contribution < 1.29 is 19.4 Å². The summed E-state index contributed by atoms with van der Waals surface area (Å²) in [5, 5.41) is 9.46. The van der Waals surface area contributed by atoms with Gasteiger partial charge in [-0.3, -0.25) is 9.69 Å². The first kappa shape index (κ1) is 18.0. The predicted octanol–water partition coefficient (Wildman–Crippen LogP) is 0.522. The Labute approximate surface area is 138 Å². The zero-order chi connectivity index (χ0) is 17.0. The number of β-amino-alcohol motifs (C(OH)–C–C–N with tert-alkyl or cyclic N) is 1. The molecule has 1 N–H and O–H groups in total. The van der Waals surface area contributed by atoms with Crippen molar-refractivity contribution in [3.63, 3.8) is 0 Å². The SMILES string of the molecule is CC(C)(C)OC(=O)N1CCN(CCCN2CC(O)CC2=O)CC1. The minimum Gasteiger partial charge on any atom is -0.444 e. The first-order valence-electron chi connectivity index (χ1n) is 8.41. The van der Waals surface area contributed by atoms with E-state index < -0.39 is 11.7 Å². The zero-order valence-corrected chi connectivity index (χ0v) is 14.5. The normalized spacial score (nSPS) is 23.5. The molecule has 0 aromatic heterocycles. The quantitative estimate of drug-likeness (QED) is 0.815. The lowest BCUT2D eigenvalue weighted by molar-refractivity contribution is -0.127. The minimum absolute atomic E-state index is 0.0484. The number of amides is 2. The molecule has 0 saturated carbocycles. The smallest absolute Gasteiger partial charge is 0.410 e.